The fourth-order valence-electron chi connectivity index (χ4n) is 1.39. The normalized spacial score (nSPS) is 10.6. The van der Waals surface area contributed by atoms with Crippen molar-refractivity contribution in [2.75, 3.05) is 0 Å². The highest BCUT2D eigenvalue weighted by molar-refractivity contribution is 6.01. The molecule has 0 radical (unpaired) electrons. The van der Waals surface area contributed by atoms with Crippen molar-refractivity contribution >= 4 is 17.1 Å². The molecular weight excluding hydrogens is 186 g/mol. The van der Waals surface area contributed by atoms with Gasteiger partial charge in [0.2, 0.25) is 5.43 Å². The van der Waals surface area contributed by atoms with Gasteiger partial charge in [-0.25, -0.2) is 4.79 Å². The van der Waals surface area contributed by atoms with Crippen LogP contribution in [0.1, 0.15) is 16.1 Å². The first-order chi connectivity index (χ1) is 6.61. The molecule has 5 nitrogen and oxygen atoms in total. The molecule has 72 valence electrons. The van der Waals surface area contributed by atoms with Gasteiger partial charge in [0.05, 0.1) is 0 Å². The third-order valence-corrected chi connectivity index (χ3v) is 1.98. The molecule has 0 aliphatic rings. The molecule has 2 heterocycles. The van der Waals surface area contributed by atoms with E-state index in [0.717, 1.165) is 0 Å². The van der Waals surface area contributed by atoms with Crippen LogP contribution in [0.4, 0.5) is 0 Å². The number of rotatable bonds is 1. The van der Waals surface area contributed by atoms with Gasteiger partial charge in [-0.15, -0.1) is 0 Å². The second-order valence-corrected chi connectivity index (χ2v) is 2.88. The maximum absolute atomic E-state index is 11.3. The van der Waals surface area contributed by atoms with Crippen molar-refractivity contribution in [1.29, 1.82) is 0 Å². The van der Waals surface area contributed by atoms with Crippen LogP contribution in [-0.2, 0) is 0 Å². The molecule has 0 fully saturated rings. The number of H-pyrrole nitrogens is 1. The standard InChI is InChI=1S/C9H7NO4/c1-4-6(9(12)13)7-8(14-4)5(11)2-3-10-7/h2-3H,1H3,(H,10,11)(H,12,13). The minimum absolute atomic E-state index is 0.0118. The van der Waals surface area contributed by atoms with E-state index >= 15 is 0 Å². The van der Waals surface area contributed by atoms with Gasteiger partial charge in [-0.05, 0) is 6.92 Å². The summed E-state index contributed by atoms with van der Waals surface area (Å²) in [6.45, 7) is 1.51. The number of carboxylic acid groups (broad SMARTS) is 1. The molecule has 0 unspecified atom stereocenters. The molecule has 0 amide bonds. The summed E-state index contributed by atoms with van der Waals surface area (Å²) in [5, 5.41) is 8.86. The Morgan fingerprint density at radius 3 is 2.93 bits per heavy atom. The minimum atomic E-state index is -1.11. The molecule has 0 atom stereocenters. The largest absolute Gasteiger partial charge is 0.477 e. The number of fused-ring (bicyclic) bond motifs is 1. The molecule has 0 aliphatic heterocycles. The predicted molar refractivity (Wildman–Crippen MR) is 48.5 cm³/mol. The summed E-state index contributed by atoms with van der Waals surface area (Å²) in [5.74, 6) is -0.879. The maximum Gasteiger partial charge on any atom is 0.341 e. The highest BCUT2D eigenvalue weighted by Crippen LogP contribution is 2.20. The topological polar surface area (TPSA) is 83.3 Å². The van der Waals surface area contributed by atoms with Crippen LogP contribution in [0, 0.1) is 6.92 Å². The summed E-state index contributed by atoms with van der Waals surface area (Å²) in [6.07, 6.45) is 1.39. The van der Waals surface area contributed by atoms with Gasteiger partial charge in [0.25, 0.3) is 0 Å². The summed E-state index contributed by atoms with van der Waals surface area (Å²) in [6, 6.07) is 1.29. The fraction of sp³-hybridized carbons (Fsp3) is 0.111. The van der Waals surface area contributed by atoms with Crippen LogP contribution in [0.3, 0.4) is 0 Å². The van der Waals surface area contributed by atoms with Gasteiger partial charge in [0.1, 0.15) is 16.8 Å². The SMILES string of the molecule is Cc1oc2c(=O)cc[nH]c2c1C(=O)O. The molecule has 0 bridgehead atoms. The molecule has 2 N–H and O–H groups in total. The molecule has 0 aliphatic carbocycles. The van der Waals surface area contributed by atoms with E-state index < -0.39 is 5.97 Å². The van der Waals surface area contributed by atoms with Crippen LogP contribution in [0.25, 0.3) is 11.1 Å². The zero-order valence-corrected chi connectivity index (χ0v) is 7.33. The zero-order chi connectivity index (χ0) is 10.3. The van der Waals surface area contributed by atoms with E-state index in [2.05, 4.69) is 4.98 Å². The van der Waals surface area contributed by atoms with Crippen molar-refractivity contribution in [3.05, 3.63) is 33.8 Å². The Hall–Kier alpha value is -2.04. The molecule has 0 saturated carbocycles. The van der Waals surface area contributed by atoms with E-state index in [-0.39, 0.29) is 27.9 Å². The smallest absolute Gasteiger partial charge is 0.341 e. The first-order valence-corrected chi connectivity index (χ1v) is 3.95. The van der Waals surface area contributed by atoms with E-state index in [1.165, 1.54) is 19.2 Å². The Kier molecular flexibility index (Phi) is 1.67. The summed E-state index contributed by atoms with van der Waals surface area (Å²) in [7, 11) is 0. The number of aromatic nitrogens is 1. The Balaban J connectivity index is 2.98. The lowest BCUT2D eigenvalue weighted by atomic mass is 10.2. The van der Waals surface area contributed by atoms with Crippen molar-refractivity contribution in [2.24, 2.45) is 0 Å². The van der Waals surface area contributed by atoms with Gasteiger partial charge < -0.3 is 14.5 Å². The highest BCUT2D eigenvalue weighted by atomic mass is 16.4. The molecule has 2 aromatic rings. The van der Waals surface area contributed by atoms with Gasteiger partial charge in [0, 0.05) is 12.3 Å². The molecule has 0 spiro atoms. The van der Waals surface area contributed by atoms with Crippen LogP contribution < -0.4 is 5.43 Å². The summed E-state index contributed by atoms with van der Waals surface area (Å²) >= 11 is 0. The summed E-state index contributed by atoms with van der Waals surface area (Å²) in [5.41, 5.74) is -0.0167. The van der Waals surface area contributed by atoms with Crippen molar-refractivity contribution < 1.29 is 14.3 Å². The Labute approximate surface area is 78.0 Å². The number of aromatic carboxylic acids is 1. The van der Waals surface area contributed by atoms with Crippen LogP contribution in [0.2, 0.25) is 0 Å². The van der Waals surface area contributed by atoms with Gasteiger partial charge in [-0.3, -0.25) is 4.79 Å². The van der Waals surface area contributed by atoms with Crippen molar-refractivity contribution in [3.63, 3.8) is 0 Å². The number of carbonyl (C=O) groups is 1. The van der Waals surface area contributed by atoms with Gasteiger partial charge in [0.15, 0.2) is 5.58 Å². The number of pyridine rings is 1. The van der Waals surface area contributed by atoms with E-state index in [9.17, 15) is 9.59 Å². The summed E-state index contributed by atoms with van der Waals surface area (Å²) < 4.78 is 5.07. The second kappa shape index (κ2) is 2.73. The quantitative estimate of drug-likeness (QED) is 0.711. The summed E-state index contributed by atoms with van der Waals surface area (Å²) in [4.78, 5) is 24.8. The minimum Gasteiger partial charge on any atom is -0.477 e. The first kappa shape index (κ1) is 8.55. The first-order valence-electron chi connectivity index (χ1n) is 3.95. The van der Waals surface area contributed by atoms with Gasteiger partial charge in [-0.1, -0.05) is 0 Å². The molecule has 5 heteroatoms. The molecule has 2 rings (SSSR count). The number of carboxylic acids is 1. The lowest BCUT2D eigenvalue weighted by molar-refractivity contribution is 0.0696. The second-order valence-electron chi connectivity index (χ2n) is 2.88. The van der Waals surface area contributed by atoms with Gasteiger partial charge in [-0.2, -0.15) is 0 Å². The Bertz CT molecular complexity index is 564. The third kappa shape index (κ3) is 1.02. The van der Waals surface area contributed by atoms with Crippen LogP contribution in [0.5, 0.6) is 0 Å². The highest BCUT2D eigenvalue weighted by Gasteiger charge is 2.18. The molecule has 0 aromatic carbocycles. The Morgan fingerprint density at radius 1 is 1.57 bits per heavy atom. The average molecular weight is 193 g/mol. The molecule has 0 saturated heterocycles. The zero-order valence-electron chi connectivity index (χ0n) is 7.33. The number of aryl methyl sites for hydroxylation is 1. The van der Waals surface area contributed by atoms with Crippen LogP contribution in [-0.4, -0.2) is 16.1 Å². The van der Waals surface area contributed by atoms with Crippen molar-refractivity contribution in [1.82, 2.24) is 4.98 Å². The lowest BCUT2D eigenvalue weighted by Crippen LogP contribution is -2.01. The number of hydrogen-bond donors (Lipinski definition) is 2. The number of nitrogens with one attached hydrogen (secondary N) is 1. The van der Waals surface area contributed by atoms with E-state index in [0.29, 0.717) is 0 Å². The maximum atomic E-state index is 11.3. The molecule has 14 heavy (non-hydrogen) atoms. The van der Waals surface area contributed by atoms with Crippen molar-refractivity contribution in [3.8, 4) is 0 Å². The monoisotopic (exact) mass is 193 g/mol. The third-order valence-electron chi connectivity index (χ3n) is 1.98. The van der Waals surface area contributed by atoms with E-state index in [1.54, 1.807) is 0 Å². The Morgan fingerprint density at radius 2 is 2.29 bits per heavy atom. The van der Waals surface area contributed by atoms with Crippen LogP contribution >= 0.6 is 0 Å². The lowest BCUT2D eigenvalue weighted by Gasteiger charge is -1.89. The number of hydrogen-bond acceptors (Lipinski definition) is 3. The van der Waals surface area contributed by atoms with Crippen molar-refractivity contribution in [2.45, 2.75) is 6.92 Å². The number of aromatic amines is 1. The van der Waals surface area contributed by atoms with Gasteiger partial charge >= 0.3 is 5.97 Å². The average Bonchev–Trinajstić information content (AvgIpc) is 2.42. The molecule has 2 aromatic heterocycles. The number of furan rings is 1. The predicted octanol–water partition coefficient (Wildman–Crippen LogP) is 1.13. The fourth-order valence-corrected chi connectivity index (χ4v) is 1.39. The van der Waals surface area contributed by atoms with Crippen LogP contribution in [0.15, 0.2) is 21.5 Å². The molecular formula is C9H7NO4. The van der Waals surface area contributed by atoms with E-state index in [4.69, 9.17) is 9.52 Å². The van der Waals surface area contributed by atoms with E-state index in [1.807, 2.05) is 0 Å².